The molecule has 1 atom stereocenters. The SMILES string of the molecule is C[C@]1(CS(=O)(=O)N2CCC(Oc3ccccc3F)CC2)NC(=O)NC1=O. The summed E-state index contributed by atoms with van der Waals surface area (Å²) in [6.07, 6.45) is 0.523. The zero-order chi connectivity index (χ0) is 18.9. The predicted molar refractivity (Wildman–Crippen MR) is 90.5 cm³/mol. The van der Waals surface area contributed by atoms with Crippen molar-refractivity contribution in [1.82, 2.24) is 14.9 Å². The van der Waals surface area contributed by atoms with E-state index >= 15 is 0 Å². The Hall–Kier alpha value is -2.20. The highest BCUT2D eigenvalue weighted by Gasteiger charge is 2.46. The molecule has 0 aliphatic carbocycles. The molecule has 2 fully saturated rings. The molecule has 0 radical (unpaired) electrons. The average Bonchev–Trinajstić information content (AvgIpc) is 2.81. The minimum atomic E-state index is -3.76. The van der Waals surface area contributed by atoms with E-state index in [1.807, 2.05) is 5.32 Å². The summed E-state index contributed by atoms with van der Waals surface area (Å²) in [7, 11) is -3.76. The molecule has 1 aromatic rings. The van der Waals surface area contributed by atoms with Crippen LogP contribution in [0.3, 0.4) is 0 Å². The fraction of sp³-hybridized carbons (Fsp3) is 0.500. The number of rotatable bonds is 5. The highest BCUT2D eigenvalue weighted by molar-refractivity contribution is 7.89. The van der Waals surface area contributed by atoms with Crippen LogP contribution < -0.4 is 15.4 Å². The number of ether oxygens (including phenoxy) is 1. The first-order valence-electron chi connectivity index (χ1n) is 8.22. The minimum absolute atomic E-state index is 0.145. The van der Waals surface area contributed by atoms with E-state index in [9.17, 15) is 22.4 Å². The summed E-state index contributed by atoms with van der Waals surface area (Å²) < 4.78 is 45.8. The van der Waals surface area contributed by atoms with E-state index in [1.54, 1.807) is 12.1 Å². The van der Waals surface area contributed by atoms with Gasteiger partial charge in [0.05, 0.1) is 5.75 Å². The van der Waals surface area contributed by atoms with Crippen LogP contribution in [0.4, 0.5) is 9.18 Å². The number of halogens is 1. The molecule has 2 aliphatic heterocycles. The van der Waals surface area contributed by atoms with Crippen molar-refractivity contribution < 1.29 is 27.1 Å². The Balaban J connectivity index is 1.59. The van der Waals surface area contributed by atoms with Gasteiger partial charge in [0.2, 0.25) is 10.0 Å². The summed E-state index contributed by atoms with van der Waals surface area (Å²) in [6.45, 7) is 1.78. The van der Waals surface area contributed by atoms with Crippen molar-refractivity contribution in [1.29, 1.82) is 0 Å². The number of amides is 3. The number of nitrogens with zero attached hydrogens (tertiary/aromatic N) is 1. The number of urea groups is 1. The van der Waals surface area contributed by atoms with Gasteiger partial charge in [0.25, 0.3) is 5.91 Å². The van der Waals surface area contributed by atoms with Gasteiger partial charge in [0.15, 0.2) is 11.6 Å². The van der Waals surface area contributed by atoms with Crippen LogP contribution in [-0.2, 0) is 14.8 Å². The largest absolute Gasteiger partial charge is 0.487 e. The van der Waals surface area contributed by atoms with Crippen LogP contribution in [0.25, 0.3) is 0 Å². The van der Waals surface area contributed by atoms with Crippen LogP contribution in [0.2, 0.25) is 0 Å². The van der Waals surface area contributed by atoms with Gasteiger partial charge in [-0.3, -0.25) is 10.1 Å². The summed E-state index contributed by atoms with van der Waals surface area (Å²) in [5, 5.41) is 4.40. The Morgan fingerprint density at radius 3 is 2.50 bits per heavy atom. The smallest absolute Gasteiger partial charge is 0.322 e. The van der Waals surface area contributed by atoms with Crippen LogP contribution in [0.1, 0.15) is 19.8 Å². The van der Waals surface area contributed by atoms with E-state index in [1.165, 1.54) is 23.4 Å². The second-order valence-electron chi connectivity index (χ2n) is 6.64. The molecular weight excluding hydrogens is 365 g/mol. The van der Waals surface area contributed by atoms with Crippen LogP contribution >= 0.6 is 0 Å². The molecule has 3 rings (SSSR count). The number of carbonyl (C=O) groups excluding carboxylic acids is 2. The Labute approximate surface area is 150 Å². The average molecular weight is 385 g/mol. The third kappa shape index (κ3) is 3.80. The number of piperidine rings is 1. The van der Waals surface area contributed by atoms with E-state index in [-0.39, 0.29) is 24.9 Å². The quantitative estimate of drug-likeness (QED) is 0.722. The fourth-order valence-electron chi connectivity index (χ4n) is 3.09. The maximum atomic E-state index is 13.6. The number of benzene rings is 1. The summed E-state index contributed by atoms with van der Waals surface area (Å²) in [5.74, 6) is -1.50. The van der Waals surface area contributed by atoms with Crippen molar-refractivity contribution in [2.75, 3.05) is 18.8 Å². The van der Waals surface area contributed by atoms with Crippen LogP contribution in [0.15, 0.2) is 24.3 Å². The molecule has 1 aromatic carbocycles. The molecule has 0 aromatic heterocycles. The van der Waals surface area contributed by atoms with Gasteiger partial charge in [-0.15, -0.1) is 0 Å². The number of carbonyl (C=O) groups is 2. The molecule has 2 N–H and O–H groups in total. The highest BCUT2D eigenvalue weighted by Crippen LogP contribution is 2.24. The molecule has 8 nitrogen and oxygen atoms in total. The second kappa shape index (κ2) is 6.84. The van der Waals surface area contributed by atoms with E-state index in [0.717, 1.165) is 0 Å². The number of nitrogens with one attached hydrogen (secondary N) is 2. The molecule has 0 spiro atoms. The third-order valence-electron chi connectivity index (χ3n) is 4.51. The number of hydrogen-bond donors (Lipinski definition) is 2. The molecule has 10 heteroatoms. The van der Waals surface area contributed by atoms with Gasteiger partial charge in [0, 0.05) is 13.1 Å². The molecule has 0 saturated carbocycles. The molecule has 0 bridgehead atoms. The fourth-order valence-corrected chi connectivity index (χ4v) is 4.97. The molecule has 142 valence electrons. The molecule has 26 heavy (non-hydrogen) atoms. The molecule has 0 unspecified atom stereocenters. The van der Waals surface area contributed by atoms with Crippen LogP contribution in [0.5, 0.6) is 5.75 Å². The summed E-state index contributed by atoms with van der Waals surface area (Å²) in [5.41, 5.74) is -1.49. The molecule has 2 saturated heterocycles. The van der Waals surface area contributed by atoms with Gasteiger partial charge in [0.1, 0.15) is 11.6 Å². The third-order valence-corrected chi connectivity index (χ3v) is 6.61. The summed E-state index contributed by atoms with van der Waals surface area (Å²) >= 11 is 0. The van der Waals surface area contributed by atoms with Crippen molar-refractivity contribution in [2.45, 2.75) is 31.4 Å². The van der Waals surface area contributed by atoms with Crippen molar-refractivity contribution >= 4 is 22.0 Å². The van der Waals surface area contributed by atoms with E-state index in [4.69, 9.17) is 4.74 Å². The highest BCUT2D eigenvalue weighted by atomic mass is 32.2. The molecule has 2 heterocycles. The van der Waals surface area contributed by atoms with Gasteiger partial charge >= 0.3 is 6.03 Å². The number of imide groups is 1. The lowest BCUT2D eigenvalue weighted by Crippen LogP contribution is -2.53. The Morgan fingerprint density at radius 2 is 1.92 bits per heavy atom. The number of sulfonamides is 1. The van der Waals surface area contributed by atoms with Crippen molar-refractivity contribution in [2.24, 2.45) is 0 Å². The maximum Gasteiger partial charge on any atom is 0.322 e. The topological polar surface area (TPSA) is 105 Å². The minimum Gasteiger partial charge on any atom is -0.487 e. The first kappa shape index (κ1) is 18.6. The van der Waals surface area contributed by atoms with Crippen LogP contribution in [-0.4, -0.2) is 55.1 Å². The molecule has 3 amide bonds. The number of para-hydroxylation sites is 1. The zero-order valence-electron chi connectivity index (χ0n) is 14.2. The van der Waals surface area contributed by atoms with Gasteiger partial charge in [-0.25, -0.2) is 21.9 Å². The molecular formula is C16H20FN3O5S. The predicted octanol–water partition coefficient (Wildman–Crippen LogP) is 0.597. The van der Waals surface area contributed by atoms with E-state index in [0.29, 0.717) is 12.8 Å². The lowest BCUT2D eigenvalue weighted by molar-refractivity contribution is -0.122. The maximum absolute atomic E-state index is 13.6. The monoisotopic (exact) mass is 385 g/mol. The van der Waals surface area contributed by atoms with Crippen LogP contribution in [0, 0.1) is 5.82 Å². The molecule has 2 aliphatic rings. The first-order valence-corrected chi connectivity index (χ1v) is 9.83. The lowest BCUT2D eigenvalue weighted by atomic mass is 10.1. The zero-order valence-corrected chi connectivity index (χ0v) is 15.0. The van der Waals surface area contributed by atoms with Gasteiger partial charge in [-0.2, -0.15) is 0 Å². The lowest BCUT2D eigenvalue weighted by Gasteiger charge is -2.33. The van der Waals surface area contributed by atoms with Gasteiger partial charge in [-0.1, -0.05) is 12.1 Å². The standard InChI is InChI=1S/C16H20FN3O5S/c1-16(14(21)18-15(22)19-16)10-26(23,24)20-8-6-11(7-9-20)25-13-5-3-2-4-12(13)17/h2-5,11H,6-10H2,1H3,(H2,18,19,21,22)/t16-/m1/s1. The summed E-state index contributed by atoms with van der Waals surface area (Å²) in [4.78, 5) is 23.1. The normalized spacial score (nSPS) is 25.0. The van der Waals surface area contributed by atoms with E-state index < -0.39 is 39.1 Å². The Morgan fingerprint density at radius 1 is 1.27 bits per heavy atom. The van der Waals surface area contributed by atoms with Crippen molar-refractivity contribution in [3.8, 4) is 5.75 Å². The van der Waals surface area contributed by atoms with Crippen molar-refractivity contribution in [3.63, 3.8) is 0 Å². The van der Waals surface area contributed by atoms with Gasteiger partial charge < -0.3 is 10.1 Å². The van der Waals surface area contributed by atoms with E-state index in [2.05, 4.69) is 5.32 Å². The van der Waals surface area contributed by atoms with Crippen molar-refractivity contribution in [3.05, 3.63) is 30.1 Å². The second-order valence-corrected chi connectivity index (χ2v) is 8.61. The Kier molecular flexibility index (Phi) is 4.89. The first-order chi connectivity index (χ1) is 12.2. The number of hydrogen-bond acceptors (Lipinski definition) is 5. The Bertz CT molecular complexity index is 823. The summed E-state index contributed by atoms with van der Waals surface area (Å²) in [6, 6.07) is 5.36. The van der Waals surface area contributed by atoms with Gasteiger partial charge in [-0.05, 0) is 31.9 Å².